The third kappa shape index (κ3) is 6.41. The Morgan fingerprint density at radius 3 is 2.48 bits per heavy atom. The summed E-state index contributed by atoms with van der Waals surface area (Å²) in [6.07, 6.45) is 0.137. The average Bonchev–Trinajstić information content (AvgIpc) is 3.03. The van der Waals surface area contributed by atoms with Crippen molar-refractivity contribution in [3.63, 3.8) is 0 Å². The molecule has 0 aliphatic heterocycles. The van der Waals surface area contributed by atoms with Crippen LogP contribution in [0.2, 0.25) is 0 Å². The second kappa shape index (κ2) is 9.57. The number of hydrogen-bond donors (Lipinski definition) is 2. The van der Waals surface area contributed by atoms with Gasteiger partial charge in [-0.1, -0.05) is 26.0 Å². The third-order valence-corrected chi connectivity index (χ3v) is 4.83. The fraction of sp³-hybridized carbons (Fsp3) is 0.421. The number of benzene rings is 1. The van der Waals surface area contributed by atoms with E-state index in [-0.39, 0.29) is 36.0 Å². The van der Waals surface area contributed by atoms with Gasteiger partial charge in [0.1, 0.15) is 5.82 Å². The van der Waals surface area contributed by atoms with E-state index in [0.29, 0.717) is 17.4 Å². The van der Waals surface area contributed by atoms with Crippen molar-refractivity contribution in [2.24, 2.45) is 5.92 Å². The van der Waals surface area contributed by atoms with Gasteiger partial charge in [0, 0.05) is 17.8 Å². The monoisotopic (exact) mass is 392 g/mol. The molecule has 1 atom stereocenters. The molecule has 6 nitrogen and oxygen atoms in total. The zero-order valence-electron chi connectivity index (χ0n) is 16.0. The number of halogens is 1. The highest BCUT2D eigenvalue weighted by Gasteiger charge is 2.16. The molecule has 2 amide bonds. The van der Waals surface area contributed by atoms with Crippen molar-refractivity contribution in [1.82, 2.24) is 15.2 Å². The van der Waals surface area contributed by atoms with Crippen LogP contribution in [-0.2, 0) is 16.0 Å². The predicted molar refractivity (Wildman–Crippen MR) is 105 cm³/mol. The highest BCUT2D eigenvalue weighted by molar-refractivity contribution is 7.13. The van der Waals surface area contributed by atoms with Crippen molar-refractivity contribution >= 4 is 28.3 Å². The van der Waals surface area contributed by atoms with Crippen LogP contribution in [0.25, 0.3) is 0 Å². The number of rotatable bonds is 8. The number of thiazole rings is 1. The van der Waals surface area contributed by atoms with E-state index in [4.69, 9.17) is 0 Å². The van der Waals surface area contributed by atoms with Crippen LogP contribution in [-0.4, -0.2) is 42.3 Å². The normalized spacial score (nSPS) is 12.3. The van der Waals surface area contributed by atoms with Crippen LogP contribution in [0.4, 0.5) is 9.52 Å². The summed E-state index contributed by atoms with van der Waals surface area (Å²) in [6.45, 7) is 4.01. The van der Waals surface area contributed by atoms with Gasteiger partial charge in [0.25, 0.3) is 0 Å². The first-order chi connectivity index (χ1) is 12.8. The summed E-state index contributed by atoms with van der Waals surface area (Å²) in [7, 11) is 3.81. The molecular formula is C19H25FN4O2S. The van der Waals surface area contributed by atoms with Gasteiger partial charge in [0.15, 0.2) is 5.13 Å². The van der Waals surface area contributed by atoms with Gasteiger partial charge in [0.05, 0.1) is 18.2 Å². The Morgan fingerprint density at radius 1 is 1.22 bits per heavy atom. The molecule has 2 rings (SSSR count). The van der Waals surface area contributed by atoms with Crippen molar-refractivity contribution in [3.05, 3.63) is 46.7 Å². The highest BCUT2D eigenvalue weighted by Crippen LogP contribution is 2.19. The SMILES string of the molecule is CC(C)C(=O)Nc1nc(CC(=O)NCC(c2ccc(F)cc2)N(C)C)cs1. The lowest BCUT2D eigenvalue weighted by Crippen LogP contribution is -2.35. The average molecular weight is 393 g/mol. The molecule has 1 aromatic carbocycles. The molecule has 2 N–H and O–H groups in total. The maximum atomic E-state index is 13.1. The summed E-state index contributed by atoms with van der Waals surface area (Å²) < 4.78 is 13.1. The molecule has 0 fully saturated rings. The van der Waals surface area contributed by atoms with Crippen molar-refractivity contribution in [2.45, 2.75) is 26.3 Å². The lowest BCUT2D eigenvalue weighted by Gasteiger charge is -2.25. The lowest BCUT2D eigenvalue weighted by molar-refractivity contribution is -0.120. The number of carbonyl (C=O) groups is 2. The van der Waals surface area contributed by atoms with Crippen LogP contribution in [0.1, 0.15) is 31.1 Å². The van der Waals surface area contributed by atoms with Crippen LogP contribution in [0.5, 0.6) is 0 Å². The summed E-state index contributed by atoms with van der Waals surface area (Å²) in [5, 5.41) is 7.88. The first-order valence-corrected chi connectivity index (χ1v) is 9.58. The summed E-state index contributed by atoms with van der Waals surface area (Å²) in [6, 6.07) is 6.20. The molecule has 0 aliphatic carbocycles. The first kappa shape index (κ1) is 21.0. The Labute approximate surface area is 162 Å². The highest BCUT2D eigenvalue weighted by atomic mass is 32.1. The topological polar surface area (TPSA) is 74.3 Å². The number of aromatic nitrogens is 1. The van der Waals surface area contributed by atoms with E-state index >= 15 is 0 Å². The largest absolute Gasteiger partial charge is 0.354 e. The molecule has 0 aliphatic rings. The number of nitrogens with zero attached hydrogens (tertiary/aromatic N) is 2. The maximum Gasteiger partial charge on any atom is 0.228 e. The zero-order chi connectivity index (χ0) is 20.0. The predicted octanol–water partition coefficient (Wildman–Crippen LogP) is 2.84. The van der Waals surface area contributed by atoms with Crippen molar-refractivity contribution in [3.8, 4) is 0 Å². The van der Waals surface area contributed by atoms with Gasteiger partial charge < -0.3 is 15.5 Å². The summed E-state index contributed by atoms with van der Waals surface area (Å²) in [5.74, 6) is -0.677. The standard InChI is InChI=1S/C19H25FN4O2S/c1-12(2)18(26)23-19-22-15(11-27-19)9-17(25)21-10-16(24(3)4)13-5-7-14(20)8-6-13/h5-8,11-12,16H,9-10H2,1-4H3,(H,21,25)(H,22,23,26). The minimum atomic E-state index is -0.288. The molecule has 8 heteroatoms. The molecule has 0 bridgehead atoms. The van der Waals surface area contributed by atoms with Gasteiger partial charge in [-0.2, -0.15) is 0 Å². The summed E-state index contributed by atoms with van der Waals surface area (Å²) in [5.41, 5.74) is 1.54. The van der Waals surface area contributed by atoms with E-state index < -0.39 is 0 Å². The Balaban J connectivity index is 1.90. The van der Waals surface area contributed by atoms with E-state index in [1.807, 2.05) is 19.0 Å². The van der Waals surface area contributed by atoms with E-state index in [9.17, 15) is 14.0 Å². The first-order valence-electron chi connectivity index (χ1n) is 8.70. The third-order valence-electron chi connectivity index (χ3n) is 4.02. The van der Waals surface area contributed by atoms with Crippen LogP contribution >= 0.6 is 11.3 Å². The van der Waals surface area contributed by atoms with E-state index in [0.717, 1.165) is 5.56 Å². The molecule has 0 saturated heterocycles. The number of hydrogen-bond acceptors (Lipinski definition) is 5. The Morgan fingerprint density at radius 2 is 1.89 bits per heavy atom. The molecular weight excluding hydrogens is 367 g/mol. The zero-order valence-corrected chi connectivity index (χ0v) is 16.8. The van der Waals surface area contributed by atoms with Gasteiger partial charge in [-0.05, 0) is 31.8 Å². The van der Waals surface area contributed by atoms with Crippen molar-refractivity contribution in [2.75, 3.05) is 26.0 Å². The van der Waals surface area contributed by atoms with E-state index in [2.05, 4.69) is 15.6 Å². The molecule has 0 radical (unpaired) electrons. The van der Waals surface area contributed by atoms with Crippen LogP contribution in [0.15, 0.2) is 29.6 Å². The van der Waals surface area contributed by atoms with Gasteiger partial charge in [-0.15, -0.1) is 11.3 Å². The molecule has 2 aromatic rings. The van der Waals surface area contributed by atoms with E-state index in [1.54, 1.807) is 31.4 Å². The smallest absolute Gasteiger partial charge is 0.228 e. The summed E-state index contributed by atoms with van der Waals surface area (Å²) >= 11 is 1.30. The number of anilines is 1. The number of nitrogens with one attached hydrogen (secondary N) is 2. The van der Waals surface area contributed by atoms with Gasteiger partial charge in [-0.25, -0.2) is 9.37 Å². The molecule has 0 saturated carbocycles. The molecule has 146 valence electrons. The van der Waals surface area contributed by atoms with Crippen LogP contribution < -0.4 is 10.6 Å². The quantitative estimate of drug-likeness (QED) is 0.724. The Hall–Kier alpha value is -2.32. The lowest BCUT2D eigenvalue weighted by atomic mass is 10.1. The van der Waals surface area contributed by atoms with Crippen molar-refractivity contribution < 1.29 is 14.0 Å². The fourth-order valence-electron chi connectivity index (χ4n) is 2.42. The van der Waals surface area contributed by atoms with Gasteiger partial charge in [-0.3, -0.25) is 9.59 Å². The van der Waals surface area contributed by atoms with Crippen LogP contribution in [0.3, 0.4) is 0 Å². The van der Waals surface area contributed by atoms with Gasteiger partial charge >= 0.3 is 0 Å². The number of carbonyl (C=O) groups excluding carboxylic acids is 2. The van der Waals surface area contributed by atoms with Crippen molar-refractivity contribution in [1.29, 1.82) is 0 Å². The molecule has 27 heavy (non-hydrogen) atoms. The molecule has 1 heterocycles. The molecule has 1 aromatic heterocycles. The minimum absolute atomic E-state index is 0.0640. The van der Waals surface area contributed by atoms with Crippen LogP contribution in [0, 0.1) is 11.7 Å². The number of likely N-dealkylation sites (N-methyl/N-ethyl adjacent to an activating group) is 1. The Kier molecular flexibility index (Phi) is 7.44. The summed E-state index contributed by atoms with van der Waals surface area (Å²) in [4.78, 5) is 30.2. The second-order valence-corrected chi connectivity index (χ2v) is 7.66. The molecule has 0 spiro atoms. The fourth-order valence-corrected chi connectivity index (χ4v) is 3.13. The maximum absolute atomic E-state index is 13.1. The van der Waals surface area contributed by atoms with Gasteiger partial charge in [0.2, 0.25) is 11.8 Å². The molecule has 1 unspecified atom stereocenters. The minimum Gasteiger partial charge on any atom is -0.354 e. The number of amides is 2. The Bertz CT molecular complexity index is 774. The second-order valence-electron chi connectivity index (χ2n) is 6.80. The van der Waals surface area contributed by atoms with E-state index in [1.165, 1.54) is 23.5 Å².